The second kappa shape index (κ2) is 14.4. The summed E-state index contributed by atoms with van der Waals surface area (Å²) in [6.07, 6.45) is 0. The molecular weight excluding hydrogens is 854 g/mol. The number of fused-ring (bicyclic) bond motifs is 4. The zero-order valence-electron chi connectivity index (χ0n) is 27.1. The number of aromatic nitrogens is 4. The molecule has 0 radical (unpaired) electrons. The number of nitrogens with zero attached hydrogens (tertiary/aromatic N) is 5. The molecular formula is C30H20Cl3FN8O10S3. The molecule has 3 heterocycles. The van der Waals surface area contributed by atoms with Gasteiger partial charge in [-0.3, -0.25) is 14.1 Å². The highest BCUT2D eigenvalue weighted by molar-refractivity contribution is 7.86. The lowest BCUT2D eigenvalue weighted by molar-refractivity contribution is 0.433. The predicted octanol–water partition coefficient (Wildman–Crippen LogP) is 6.29. The highest BCUT2D eigenvalue weighted by Gasteiger charge is 2.34. The predicted molar refractivity (Wildman–Crippen MR) is 197 cm³/mol. The Kier molecular flexibility index (Phi) is 10.1. The maximum Gasteiger partial charge on any atom is 0.301 e. The van der Waals surface area contributed by atoms with E-state index in [0.717, 1.165) is 12.1 Å². The summed E-state index contributed by atoms with van der Waals surface area (Å²) in [5.41, 5.74) is -0.377. The van der Waals surface area contributed by atoms with Crippen LogP contribution in [0, 0.1) is 5.82 Å². The van der Waals surface area contributed by atoms with E-state index >= 15 is 0 Å². The van der Waals surface area contributed by atoms with Crippen LogP contribution in [0.4, 0.5) is 33.3 Å². The van der Waals surface area contributed by atoms with Gasteiger partial charge in [-0.1, -0.05) is 23.2 Å². The Bertz CT molecular complexity index is 2870. The Morgan fingerprint density at radius 2 is 1.60 bits per heavy atom. The molecule has 2 atom stereocenters. The normalized spacial score (nSPS) is 14.1. The molecule has 4 aromatic rings. The maximum absolute atomic E-state index is 14.5. The average molecular weight is 874 g/mol. The molecule has 25 heteroatoms. The summed E-state index contributed by atoms with van der Waals surface area (Å²) in [7, 11) is -10.2. The van der Waals surface area contributed by atoms with E-state index < -0.39 is 64.5 Å². The Balaban J connectivity index is 1.22. The molecule has 0 amide bonds. The molecule has 2 aliphatic heterocycles. The molecule has 0 saturated carbocycles. The molecule has 286 valence electrons. The lowest BCUT2D eigenvalue weighted by Crippen LogP contribution is -2.24. The van der Waals surface area contributed by atoms with E-state index in [2.05, 4.69) is 40.9 Å². The summed E-state index contributed by atoms with van der Waals surface area (Å²) < 4.78 is 116. The third kappa shape index (κ3) is 7.59. The van der Waals surface area contributed by atoms with Crippen LogP contribution in [-0.4, -0.2) is 67.2 Å². The minimum Gasteiger partial charge on any atom is -0.450 e. The van der Waals surface area contributed by atoms with Crippen molar-refractivity contribution in [2.75, 3.05) is 22.5 Å². The Hall–Kier alpha value is -4.78. The van der Waals surface area contributed by atoms with Gasteiger partial charge in [-0.2, -0.15) is 31.8 Å². The van der Waals surface area contributed by atoms with E-state index in [0.29, 0.717) is 5.69 Å². The molecule has 0 fully saturated rings. The number of hydrogen-bond acceptors (Lipinski definition) is 15. The summed E-state index contributed by atoms with van der Waals surface area (Å²) >= 11 is 17.2. The Labute approximate surface area is 325 Å². The van der Waals surface area contributed by atoms with Crippen molar-refractivity contribution in [2.24, 2.45) is 4.99 Å². The van der Waals surface area contributed by atoms with Crippen LogP contribution in [0.15, 0.2) is 72.6 Å². The molecule has 7 rings (SSSR count). The smallest absolute Gasteiger partial charge is 0.301 e. The van der Waals surface area contributed by atoms with Gasteiger partial charge in [0.2, 0.25) is 17.2 Å². The second-order valence-corrected chi connectivity index (χ2v) is 16.2. The first-order valence-corrected chi connectivity index (χ1v) is 20.2. The van der Waals surface area contributed by atoms with Crippen molar-refractivity contribution in [3.8, 4) is 23.0 Å². The van der Waals surface area contributed by atoms with Crippen LogP contribution < -0.4 is 26.0 Å². The number of halogens is 4. The fourth-order valence-electron chi connectivity index (χ4n) is 5.33. The highest BCUT2D eigenvalue weighted by atomic mass is 35.5. The van der Waals surface area contributed by atoms with Gasteiger partial charge < -0.3 is 29.7 Å². The zero-order chi connectivity index (χ0) is 39.6. The SMILES string of the molecule is CC(CN=c1ccc2nc3c(Cl)c4c(c(Cl)c3oc-2c1S(=O)(=O)O)Nc1ccc(F)c(S(=O)(=O)O)c1O4)Nc1nc(Cl)nc(Nc2ccc(S(=O)O)cc2)n1. The van der Waals surface area contributed by atoms with E-state index in [-0.39, 0.29) is 77.9 Å². The monoisotopic (exact) mass is 872 g/mol. The van der Waals surface area contributed by atoms with Gasteiger partial charge in [-0.05, 0) is 67.1 Å². The molecule has 6 N–H and O–H groups in total. The number of hydrogen-bond donors (Lipinski definition) is 6. The van der Waals surface area contributed by atoms with Gasteiger partial charge in [-0.25, -0.2) is 13.6 Å². The van der Waals surface area contributed by atoms with Crippen LogP contribution in [0.5, 0.6) is 11.5 Å². The molecule has 1 aromatic heterocycles. The first kappa shape index (κ1) is 38.5. The summed E-state index contributed by atoms with van der Waals surface area (Å²) in [4.78, 5) is 19.3. The van der Waals surface area contributed by atoms with Crippen LogP contribution in [0.3, 0.4) is 0 Å². The van der Waals surface area contributed by atoms with Crippen LogP contribution >= 0.6 is 34.8 Å². The van der Waals surface area contributed by atoms with Crippen molar-refractivity contribution in [3.05, 3.63) is 75.0 Å². The van der Waals surface area contributed by atoms with Crippen molar-refractivity contribution in [1.82, 2.24) is 19.9 Å². The number of benzene rings is 4. The van der Waals surface area contributed by atoms with Crippen LogP contribution in [0.25, 0.3) is 22.6 Å². The third-order valence-corrected chi connectivity index (χ3v) is 11.0. The van der Waals surface area contributed by atoms with Gasteiger partial charge in [0, 0.05) is 11.7 Å². The Morgan fingerprint density at radius 3 is 2.27 bits per heavy atom. The maximum atomic E-state index is 14.5. The number of nitrogens with one attached hydrogen (secondary N) is 3. The average Bonchev–Trinajstić information content (AvgIpc) is 3.10. The standard InChI is InChI=1S/C30H20Cl3FN8O10S3/c1-11(36-29-40-28(33)41-30(42-29)37-12-2-4-13(5-3-12)53(43)44)10-35-17-9-8-16-23(27(17)55(48,49)50)52-25-19(32)20-24(18(31)21(25)39-16)51-22-15(38-20)7-6-14(34)26(22)54(45,46)47/h2-9,11,38H,10H2,1H3,(H,43,44)(H,45,46,47)(H,48,49,50)(H2,36,37,40,41,42). The van der Waals surface area contributed by atoms with Gasteiger partial charge in [0.25, 0.3) is 0 Å². The summed E-state index contributed by atoms with van der Waals surface area (Å²) in [5, 5.41) is 7.61. The Morgan fingerprint density at radius 1 is 0.909 bits per heavy atom. The van der Waals surface area contributed by atoms with Crippen LogP contribution in [-0.2, 0) is 31.3 Å². The molecule has 0 bridgehead atoms. The van der Waals surface area contributed by atoms with Gasteiger partial charge in [0.1, 0.15) is 32.8 Å². The van der Waals surface area contributed by atoms with E-state index in [1.807, 2.05) is 0 Å². The van der Waals surface area contributed by atoms with E-state index in [4.69, 9.17) is 44.0 Å². The van der Waals surface area contributed by atoms with E-state index in [1.165, 1.54) is 36.4 Å². The molecule has 3 aliphatic rings. The van der Waals surface area contributed by atoms with Crippen molar-refractivity contribution >= 4 is 106 Å². The summed E-state index contributed by atoms with van der Waals surface area (Å²) in [6, 6.07) is 9.80. The van der Waals surface area contributed by atoms with Gasteiger partial charge in [0.05, 0.1) is 22.5 Å². The minimum absolute atomic E-state index is 0.0203. The fraction of sp³-hybridized carbons (Fsp3) is 0.100. The van der Waals surface area contributed by atoms with Gasteiger partial charge >= 0.3 is 20.2 Å². The molecule has 1 aliphatic carbocycles. The molecule has 0 saturated heterocycles. The lowest BCUT2D eigenvalue weighted by Gasteiger charge is -2.25. The van der Waals surface area contributed by atoms with Crippen molar-refractivity contribution in [3.63, 3.8) is 0 Å². The second-order valence-electron chi connectivity index (χ2n) is 11.5. The molecule has 0 spiro atoms. The lowest BCUT2D eigenvalue weighted by atomic mass is 10.1. The van der Waals surface area contributed by atoms with E-state index in [1.54, 1.807) is 6.92 Å². The zero-order valence-corrected chi connectivity index (χ0v) is 31.8. The number of anilines is 5. The van der Waals surface area contributed by atoms with Crippen LogP contribution in [0.2, 0.25) is 15.3 Å². The molecule has 18 nitrogen and oxygen atoms in total. The van der Waals surface area contributed by atoms with E-state index in [9.17, 15) is 39.1 Å². The van der Waals surface area contributed by atoms with Crippen LogP contribution in [0.1, 0.15) is 6.92 Å². The number of ether oxygens (including phenoxy) is 1. The van der Waals surface area contributed by atoms with Crippen molar-refractivity contribution < 1.29 is 48.2 Å². The van der Waals surface area contributed by atoms with Gasteiger partial charge in [-0.15, -0.1) is 0 Å². The first-order valence-electron chi connectivity index (χ1n) is 15.1. The largest absolute Gasteiger partial charge is 0.450 e. The van der Waals surface area contributed by atoms with Gasteiger partial charge in [0.15, 0.2) is 43.7 Å². The minimum atomic E-state index is -5.11. The van der Waals surface area contributed by atoms with Crippen molar-refractivity contribution in [1.29, 1.82) is 0 Å². The van der Waals surface area contributed by atoms with Crippen molar-refractivity contribution in [2.45, 2.75) is 27.7 Å². The molecule has 55 heavy (non-hydrogen) atoms. The summed E-state index contributed by atoms with van der Waals surface area (Å²) in [5.74, 6) is -2.64. The topological polar surface area (TPSA) is 268 Å². The number of rotatable bonds is 9. The molecule has 3 aromatic carbocycles. The highest BCUT2D eigenvalue weighted by Crippen LogP contribution is 2.54. The summed E-state index contributed by atoms with van der Waals surface area (Å²) in [6.45, 7) is 1.55. The first-order chi connectivity index (χ1) is 25.9. The quantitative estimate of drug-likeness (QED) is 0.0529. The third-order valence-electron chi connectivity index (χ3n) is 7.65. The molecule has 2 unspecified atom stereocenters. The fourth-order valence-corrected chi connectivity index (χ4v) is 7.86.